The Bertz CT molecular complexity index is 1800. The zero-order valence-corrected chi connectivity index (χ0v) is 29.8. The summed E-state index contributed by atoms with van der Waals surface area (Å²) >= 11 is 0. The fourth-order valence-corrected chi connectivity index (χ4v) is 8.18. The largest absolute Gasteiger partial charge is 0.455 e. The van der Waals surface area contributed by atoms with Gasteiger partial charge in [-0.05, 0) is 42.9 Å². The van der Waals surface area contributed by atoms with Crippen molar-refractivity contribution < 1.29 is 33.8 Å². The summed E-state index contributed by atoms with van der Waals surface area (Å²) in [6, 6.07) is 14.7. The van der Waals surface area contributed by atoms with Crippen molar-refractivity contribution in [3.63, 3.8) is 0 Å². The molecule has 13 heteroatoms. The third-order valence-electron chi connectivity index (χ3n) is 11.0. The number of amides is 3. The normalized spacial score (nSPS) is 25.0. The second-order valence-electron chi connectivity index (χ2n) is 14.0. The number of aromatic nitrogens is 3. The van der Waals surface area contributed by atoms with Crippen LogP contribution in [0.25, 0.3) is 11.0 Å². The Morgan fingerprint density at radius 2 is 1.90 bits per heavy atom. The summed E-state index contributed by atoms with van der Waals surface area (Å²) in [6.45, 7) is 11.3. The van der Waals surface area contributed by atoms with Crippen molar-refractivity contribution in [1.82, 2.24) is 30.1 Å². The van der Waals surface area contributed by atoms with Gasteiger partial charge in [-0.3, -0.25) is 19.2 Å². The van der Waals surface area contributed by atoms with Crippen LogP contribution in [-0.2, 0) is 35.3 Å². The number of fused-ring (bicyclic) bond motifs is 2. The van der Waals surface area contributed by atoms with E-state index in [0.29, 0.717) is 36.8 Å². The first-order chi connectivity index (χ1) is 25.2. The van der Waals surface area contributed by atoms with E-state index in [9.17, 15) is 24.3 Å². The van der Waals surface area contributed by atoms with Gasteiger partial charge in [0.2, 0.25) is 17.7 Å². The molecule has 0 aliphatic carbocycles. The zero-order chi connectivity index (χ0) is 37.0. The second kappa shape index (κ2) is 15.8. The highest BCUT2D eigenvalue weighted by Gasteiger charge is 2.76. The van der Waals surface area contributed by atoms with Gasteiger partial charge in [-0.2, -0.15) is 0 Å². The number of aliphatic hydroxyl groups is 1. The average molecular weight is 713 g/mol. The van der Waals surface area contributed by atoms with Gasteiger partial charge in [0.15, 0.2) is 0 Å². The summed E-state index contributed by atoms with van der Waals surface area (Å²) < 4.78 is 14.5. The summed E-state index contributed by atoms with van der Waals surface area (Å²) in [5, 5.41) is 22.1. The van der Waals surface area contributed by atoms with E-state index in [0.717, 1.165) is 5.52 Å². The number of carbonyl (C=O) groups excluding carboxylic acids is 4. The van der Waals surface area contributed by atoms with Gasteiger partial charge < -0.3 is 29.7 Å². The van der Waals surface area contributed by atoms with Crippen LogP contribution in [-0.4, -0.2) is 97.1 Å². The molecule has 4 heterocycles. The van der Waals surface area contributed by atoms with Gasteiger partial charge in [0.05, 0.1) is 42.6 Å². The number of hydrogen-bond acceptors (Lipinski definition) is 9. The van der Waals surface area contributed by atoms with E-state index in [2.05, 4.69) is 28.8 Å². The van der Waals surface area contributed by atoms with Gasteiger partial charge in [0, 0.05) is 13.0 Å². The molecule has 2 bridgehead atoms. The molecule has 2 N–H and O–H groups in total. The number of likely N-dealkylation sites (tertiary alicyclic amines) is 1. The molecule has 2 aromatic carbocycles. The number of para-hydroxylation sites is 1. The van der Waals surface area contributed by atoms with Crippen LogP contribution in [0.3, 0.4) is 0 Å². The molecule has 3 fully saturated rings. The summed E-state index contributed by atoms with van der Waals surface area (Å²) in [7, 11) is 0. The van der Waals surface area contributed by atoms with Crippen molar-refractivity contribution >= 4 is 34.7 Å². The van der Waals surface area contributed by atoms with Gasteiger partial charge in [-0.25, -0.2) is 4.68 Å². The maximum Gasteiger partial charge on any atom is 0.313 e. The van der Waals surface area contributed by atoms with E-state index < -0.39 is 59.5 Å². The first-order valence-corrected chi connectivity index (χ1v) is 18.1. The number of rotatable bonds is 17. The van der Waals surface area contributed by atoms with Crippen LogP contribution in [0.2, 0.25) is 0 Å². The van der Waals surface area contributed by atoms with Crippen LogP contribution in [0, 0.1) is 17.8 Å². The third-order valence-corrected chi connectivity index (χ3v) is 11.0. The molecule has 6 rings (SSSR count). The predicted molar refractivity (Wildman–Crippen MR) is 192 cm³/mol. The maximum atomic E-state index is 15.0. The monoisotopic (exact) mass is 712 g/mol. The number of carbonyl (C=O) groups is 4. The average Bonchev–Trinajstić information content (AvgIpc) is 3.92. The van der Waals surface area contributed by atoms with Crippen LogP contribution >= 0.6 is 0 Å². The molecular formula is C39H48N6O7. The van der Waals surface area contributed by atoms with Crippen LogP contribution in [0.1, 0.15) is 57.6 Å². The molecule has 1 spiro atoms. The minimum atomic E-state index is -1.32. The molecule has 3 saturated heterocycles. The van der Waals surface area contributed by atoms with Crippen molar-refractivity contribution in [2.75, 3.05) is 19.7 Å². The summed E-state index contributed by atoms with van der Waals surface area (Å²) in [5.41, 5.74) is 0.766. The molecular weight excluding hydrogens is 664 g/mol. The third kappa shape index (κ3) is 6.74. The van der Waals surface area contributed by atoms with Gasteiger partial charge in [0.1, 0.15) is 29.9 Å². The highest BCUT2D eigenvalue weighted by molar-refractivity contribution is 5.98. The van der Waals surface area contributed by atoms with Gasteiger partial charge in [-0.1, -0.05) is 80.1 Å². The topological polar surface area (TPSA) is 156 Å². The lowest BCUT2D eigenvalue weighted by atomic mass is 9.70. The van der Waals surface area contributed by atoms with Crippen LogP contribution in [0.15, 0.2) is 79.9 Å². The van der Waals surface area contributed by atoms with Gasteiger partial charge in [0.25, 0.3) is 0 Å². The Hall–Kier alpha value is -4.88. The molecule has 8 atom stereocenters. The Morgan fingerprint density at radius 3 is 2.62 bits per heavy atom. The summed E-state index contributed by atoms with van der Waals surface area (Å²) in [5.74, 6) is -3.81. The molecule has 0 saturated carbocycles. The molecule has 276 valence electrons. The minimum Gasteiger partial charge on any atom is -0.455 e. The van der Waals surface area contributed by atoms with E-state index in [4.69, 9.17) is 9.47 Å². The molecule has 0 unspecified atom stereocenters. The maximum absolute atomic E-state index is 15.0. The Morgan fingerprint density at radius 1 is 1.15 bits per heavy atom. The Kier molecular flexibility index (Phi) is 11.2. The first-order valence-electron chi connectivity index (χ1n) is 18.1. The highest BCUT2D eigenvalue weighted by atomic mass is 16.6. The SMILES string of the molecule is C=CCCC(=O)NC[C@H](OC(=O)[C@@H]1[C@H]2C(=O)N([C@@H](CO)[C@@H](C)CC)[C@H](C(=O)N(CC=C)Cn3nnc4ccccc43)[C@]23CC[C@H]1O3)c1ccccc1. The second-order valence-corrected chi connectivity index (χ2v) is 14.0. The van der Waals surface area contributed by atoms with Crippen molar-refractivity contribution in [2.24, 2.45) is 17.8 Å². The number of benzene rings is 2. The van der Waals surface area contributed by atoms with Gasteiger partial charge in [-0.15, -0.1) is 18.3 Å². The lowest BCUT2D eigenvalue weighted by molar-refractivity contribution is -0.161. The number of nitrogens with one attached hydrogen (secondary N) is 1. The number of hydrogen-bond donors (Lipinski definition) is 2. The smallest absolute Gasteiger partial charge is 0.313 e. The molecule has 3 aliphatic rings. The number of aliphatic hydroxyl groups excluding tert-OH is 1. The summed E-state index contributed by atoms with van der Waals surface area (Å²) in [6.07, 6.45) is 4.01. The van der Waals surface area contributed by atoms with Crippen molar-refractivity contribution in [3.05, 3.63) is 85.5 Å². The molecule has 52 heavy (non-hydrogen) atoms. The Balaban J connectivity index is 1.33. The Labute approximate surface area is 303 Å². The zero-order valence-electron chi connectivity index (χ0n) is 29.8. The molecule has 0 radical (unpaired) electrons. The quantitative estimate of drug-likeness (QED) is 0.158. The van der Waals surface area contributed by atoms with Crippen molar-refractivity contribution in [3.8, 4) is 0 Å². The number of nitrogens with zero attached hydrogens (tertiary/aromatic N) is 5. The number of esters is 1. The molecule has 1 aromatic heterocycles. The van der Waals surface area contributed by atoms with E-state index in [1.165, 1.54) is 4.90 Å². The fourth-order valence-electron chi connectivity index (χ4n) is 8.18. The number of allylic oxidation sites excluding steroid dienone is 1. The summed E-state index contributed by atoms with van der Waals surface area (Å²) in [4.78, 5) is 59.7. The van der Waals surface area contributed by atoms with Gasteiger partial charge >= 0.3 is 5.97 Å². The first kappa shape index (κ1) is 36.9. The van der Waals surface area contributed by atoms with Crippen LogP contribution in [0.5, 0.6) is 0 Å². The van der Waals surface area contributed by atoms with E-state index in [1.54, 1.807) is 21.7 Å². The van der Waals surface area contributed by atoms with E-state index in [1.807, 2.05) is 68.4 Å². The fraction of sp³-hybridized carbons (Fsp3) is 0.487. The highest BCUT2D eigenvalue weighted by Crippen LogP contribution is 2.59. The molecule has 3 amide bonds. The minimum absolute atomic E-state index is 0.0317. The molecule has 13 nitrogen and oxygen atoms in total. The van der Waals surface area contributed by atoms with Crippen molar-refractivity contribution in [1.29, 1.82) is 0 Å². The van der Waals surface area contributed by atoms with Crippen molar-refractivity contribution in [2.45, 2.75) is 82.5 Å². The van der Waals surface area contributed by atoms with Crippen LogP contribution < -0.4 is 5.32 Å². The predicted octanol–water partition coefficient (Wildman–Crippen LogP) is 3.55. The lowest BCUT2D eigenvalue weighted by Gasteiger charge is -2.40. The number of ether oxygens (including phenoxy) is 2. The van der Waals surface area contributed by atoms with E-state index in [-0.39, 0.29) is 44.6 Å². The lowest BCUT2D eigenvalue weighted by Crippen LogP contribution is -2.60. The van der Waals surface area contributed by atoms with Crippen LogP contribution in [0.4, 0.5) is 0 Å². The van der Waals surface area contributed by atoms with E-state index >= 15 is 0 Å². The standard InChI is InChI=1S/C39H48N6O7/c1-5-8-18-32(47)40-22-31(26-14-10-9-11-15-26)51-38(50)33-30-19-20-39(52-30)34(33)36(48)45(29(23-46)25(4)7-3)35(39)37(49)43(21-6-2)24-44-28-17-13-12-16-27(28)41-42-44/h5-6,9-17,25,29-31,33-35,46H,1-2,7-8,18-24H2,3-4H3,(H,40,47)/t25-,29-,30+,31-,33-,34-,35+,39-/m0/s1. The molecule has 3 aromatic rings. The molecule has 3 aliphatic heterocycles.